The Morgan fingerprint density at radius 3 is 2.58 bits per heavy atom. The first-order valence-electron chi connectivity index (χ1n) is 5.15. The number of nitrogens with one attached hydrogen (secondary N) is 1. The molecule has 0 bridgehead atoms. The van der Waals surface area contributed by atoms with Gasteiger partial charge >= 0.3 is 5.97 Å². The first kappa shape index (κ1) is 15.5. The van der Waals surface area contributed by atoms with Crippen LogP contribution in [0.1, 0.15) is 16.8 Å². The van der Waals surface area contributed by atoms with Crippen LogP contribution < -0.4 is 5.32 Å². The van der Waals surface area contributed by atoms with E-state index in [9.17, 15) is 18.0 Å². The number of hydrogen-bond donors (Lipinski definition) is 2. The van der Waals surface area contributed by atoms with Gasteiger partial charge in [-0.3, -0.25) is 4.79 Å². The Morgan fingerprint density at radius 2 is 2.16 bits per heavy atom. The number of carbonyl (C=O) groups excluding carboxylic acids is 1. The van der Waals surface area contributed by atoms with Crippen LogP contribution in [0.4, 0.5) is 0 Å². The normalized spacial score (nSPS) is 12.9. The van der Waals surface area contributed by atoms with Crippen molar-refractivity contribution in [2.24, 2.45) is 0 Å². The van der Waals surface area contributed by atoms with E-state index in [-0.39, 0.29) is 23.0 Å². The molecule has 0 fully saturated rings. The second-order valence-corrected chi connectivity index (χ2v) is 6.49. The zero-order chi connectivity index (χ0) is 14.6. The van der Waals surface area contributed by atoms with Gasteiger partial charge in [-0.1, -0.05) is 0 Å². The molecule has 9 heteroatoms. The van der Waals surface area contributed by atoms with Crippen LogP contribution in [-0.4, -0.2) is 43.5 Å². The maximum atomic E-state index is 11.7. The molecular formula is C10H12ClNO6S. The highest BCUT2D eigenvalue weighted by molar-refractivity contribution is 7.90. The van der Waals surface area contributed by atoms with Crippen molar-refractivity contribution in [2.75, 3.05) is 12.0 Å². The number of hydrogen-bond acceptors (Lipinski definition) is 5. The van der Waals surface area contributed by atoms with Gasteiger partial charge in [0, 0.05) is 6.26 Å². The molecule has 7 nitrogen and oxygen atoms in total. The lowest BCUT2D eigenvalue weighted by Gasteiger charge is -2.13. The number of amides is 1. The highest BCUT2D eigenvalue weighted by atomic mass is 35.5. The standard InChI is InChI=1S/C10H12ClNO6S/c1-19(16,17)5-3-7(10(14)15)12-9(13)6-2-4-18-8(6)11/h2,4,7H,3,5H2,1H3,(H,12,13)(H,14,15). The predicted octanol–water partition coefficient (Wildman–Crippen LogP) is 0.551. The minimum absolute atomic E-state index is 0.00716. The molecule has 106 valence electrons. The highest BCUT2D eigenvalue weighted by Crippen LogP contribution is 2.16. The highest BCUT2D eigenvalue weighted by Gasteiger charge is 2.23. The number of halogens is 1. The molecule has 0 aliphatic carbocycles. The van der Waals surface area contributed by atoms with Crippen LogP contribution in [-0.2, 0) is 14.6 Å². The average molecular weight is 310 g/mol. The number of carbonyl (C=O) groups is 2. The van der Waals surface area contributed by atoms with Gasteiger partial charge in [-0.15, -0.1) is 0 Å². The Labute approximate surface area is 114 Å². The second-order valence-electron chi connectivity index (χ2n) is 3.89. The van der Waals surface area contributed by atoms with Gasteiger partial charge in [0.1, 0.15) is 15.9 Å². The van der Waals surface area contributed by atoms with Crippen molar-refractivity contribution in [1.82, 2.24) is 5.32 Å². The van der Waals surface area contributed by atoms with Crippen molar-refractivity contribution in [3.63, 3.8) is 0 Å². The lowest BCUT2D eigenvalue weighted by Crippen LogP contribution is -2.41. The van der Waals surface area contributed by atoms with E-state index in [0.717, 1.165) is 6.26 Å². The zero-order valence-corrected chi connectivity index (χ0v) is 11.5. The molecule has 1 unspecified atom stereocenters. The van der Waals surface area contributed by atoms with Crippen LogP contribution in [0.25, 0.3) is 0 Å². The van der Waals surface area contributed by atoms with E-state index in [1.165, 1.54) is 12.3 Å². The van der Waals surface area contributed by atoms with Gasteiger partial charge < -0.3 is 14.8 Å². The predicted molar refractivity (Wildman–Crippen MR) is 66.9 cm³/mol. The lowest BCUT2D eigenvalue weighted by molar-refractivity contribution is -0.139. The third kappa shape index (κ3) is 4.92. The van der Waals surface area contributed by atoms with Crippen molar-refractivity contribution >= 4 is 33.3 Å². The molecule has 1 heterocycles. The maximum Gasteiger partial charge on any atom is 0.326 e. The molecule has 0 saturated heterocycles. The summed E-state index contributed by atoms with van der Waals surface area (Å²) < 4.78 is 26.7. The second kappa shape index (κ2) is 6.07. The summed E-state index contributed by atoms with van der Waals surface area (Å²) in [4.78, 5) is 22.6. The fourth-order valence-electron chi connectivity index (χ4n) is 1.28. The number of sulfone groups is 1. The van der Waals surface area contributed by atoms with Crippen LogP contribution in [0, 0.1) is 0 Å². The molecule has 0 aromatic carbocycles. The molecule has 1 atom stereocenters. The zero-order valence-electron chi connectivity index (χ0n) is 9.92. The van der Waals surface area contributed by atoms with Gasteiger partial charge in [-0.2, -0.15) is 0 Å². The summed E-state index contributed by atoms with van der Waals surface area (Å²) in [5.74, 6) is -2.40. The number of aliphatic carboxylic acids is 1. The fraction of sp³-hybridized carbons (Fsp3) is 0.400. The topological polar surface area (TPSA) is 114 Å². The van der Waals surface area contributed by atoms with E-state index in [0.29, 0.717) is 0 Å². The lowest BCUT2D eigenvalue weighted by atomic mass is 10.2. The SMILES string of the molecule is CS(=O)(=O)CCC(NC(=O)c1ccoc1Cl)C(=O)O. The van der Waals surface area contributed by atoms with Crippen molar-refractivity contribution < 1.29 is 27.5 Å². The van der Waals surface area contributed by atoms with Gasteiger partial charge in [0.15, 0.2) is 0 Å². The van der Waals surface area contributed by atoms with Crippen molar-refractivity contribution in [3.8, 4) is 0 Å². The molecule has 19 heavy (non-hydrogen) atoms. The number of rotatable bonds is 6. The first-order valence-corrected chi connectivity index (χ1v) is 7.59. The Bertz CT molecular complexity index is 579. The monoisotopic (exact) mass is 309 g/mol. The molecule has 0 aliphatic heterocycles. The summed E-state index contributed by atoms with van der Waals surface area (Å²) in [5, 5.41) is 10.9. The van der Waals surface area contributed by atoms with Gasteiger partial charge in [0.2, 0.25) is 5.22 Å². The summed E-state index contributed by atoms with van der Waals surface area (Å²) in [5.41, 5.74) is -0.00716. The molecular weight excluding hydrogens is 298 g/mol. The Balaban J connectivity index is 2.72. The molecule has 1 aromatic heterocycles. The quantitative estimate of drug-likeness (QED) is 0.793. The van der Waals surface area contributed by atoms with Crippen LogP contribution in [0.5, 0.6) is 0 Å². The van der Waals surface area contributed by atoms with Crippen LogP contribution in [0.15, 0.2) is 16.7 Å². The van der Waals surface area contributed by atoms with Crippen molar-refractivity contribution in [3.05, 3.63) is 23.1 Å². The Hall–Kier alpha value is -1.54. The van der Waals surface area contributed by atoms with Gasteiger partial charge in [-0.25, -0.2) is 13.2 Å². The fourth-order valence-corrected chi connectivity index (χ4v) is 2.15. The third-order valence-corrected chi connectivity index (χ3v) is 3.51. The smallest absolute Gasteiger partial charge is 0.326 e. The van der Waals surface area contributed by atoms with Gasteiger partial charge in [0.25, 0.3) is 5.91 Å². The number of carboxylic acids is 1. The Morgan fingerprint density at radius 1 is 1.53 bits per heavy atom. The largest absolute Gasteiger partial charge is 0.480 e. The average Bonchev–Trinajstić information content (AvgIpc) is 2.68. The molecule has 0 radical (unpaired) electrons. The molecule has 0 aliphatic rings. The summed E-state index contributed by atoms with van der Waals surface area (Å²) in [6.45, 7) is 0. The summed E-state index contributed by atoms with van der Waals surface area (Å²) in [7, 11) is -3.31. The summed E-state index contributed by atoms with van der Waals surface area (Å²) >= 11 is 5.58. The molecule has 2 N–H and O–H groups in total. The third-order valence-electron chi connectivity index (χ3n) is 2.24. The van der Waals surface area contributed by atoms with Crippen molar-refractivity contribution in [2.45, 2.75) is 12.5 Å². The van der Waals surface area contributed by atoms with Crippen LogP contribution in [0.2, 0.25) is 5.22 Å². The molecule has 1 rings (SSSR count). The van der Waals surface area contributed by atoms with E-state index in [4.69, 9.17) is 21.1 Å². The van der Waals surface area contributed by atoms with E-state index in [1.54, 1.807) is 0 Å². The van der Waals surface area contributed by atoms with E-state index in [1.807, 2.05) is 0 Å². The Kier molecular flexibility index (Phi) is 4.96. The van der Waals surface area contributed by atoms with Crippen LogP contribution >= 0.6 is 11.6 Å². The molecule has 1 amide bonds. The number of carboxylic acid groups (broad SMARTS) is 1. The summed E-state index contributed by atoms with van der Waals surface area (Å²) in [6.07, 6.45) is 1.94. The minimum atomic E-state index is -3.31. The van der Waals surface area contributed by atoms with E-state index >= 15 is 0 Å². The van der Waals surface area contributed by atoms with Gasteiger partial charge in [-0.05, 0) is 24.1 Å². The van der Waals surface area contributed by atoms with E-state index < -0.39 is 27.8 Å². The first-order chi connectivity index (χ1) is 8.70. The minimum Gasteiger partial charge on any atom is -0.480 e. The molecule has 0 spiro atoms. The molecule has 1 aromatic rings. The number of furan rings is 1. The van der Waals surface area contributed by atoms with Gasteiger partial charge in [0.05, 0.1) is 17.6 Å². The van der Waals surface area contributed by atoms with Crippen LogP contribution in [0.3, 0.4) is 0 Å². The van der Waals surface area contributed by atoms with Crippen molar-refractivity contribution in [1.29, 1.82) is 0 Å². The summed E-state index contributed by atoms with van der Waals surface area (Å²) in [6, 6.07) is -0.0270. The van der Waals surface area contributed by atoms with E-state index in [2.05, 4.69) is 5.32 Å². The molecule has 0 saturated carbocycles. The maximum absolute atomic E-state index is 11.7.